The standard InChI is InChI=1S/C19H24O4/c1-17(2,13-5-9-15(10-6-13)18(3,20)21)14-7-11-16(12-8-14)19(4,22)23/h5-12,20-23H,1-4H3. The Morgan fingerprint density at radius 3 is 0.913 bits per heavy atom. The molecule has 124 valence electrons. The lowest BCUT2D eigenvalue weighted by Crippen LogP contribution is -2.23. The van der Waals surface area contributed by atoms with Gasteiger partial charge >= 0.3 is 0 Å². The van der Waals surface area contributed by atoms with Crippen molar-refractivity contribution in [3.05, 3.63) is 70.8 Å². The second-order valence-corrected chi connectivity index (χ2v) is 6.82. The van der Waals surface area contributed by atoms with Crippen molar-refractivity contribution in [2.45, 2.75) is 44.7 Å². The zero-order valence-electron chi connectivity index (χ0n) is 13.9. The van der Waals surface area contributed by atoms with Crippen LogP contribution in [0.2, 0.25) is 0 Å². The molecule has 4 N–H and O–H groups in total. The molecule has 23 heavy (non-hydrogen) atoms. The lowest BCUT2D eigenvalue weighted by atomic mass is 9.77. The minimum Gasteiger partial charge on any atom is -0.362 e. The maximum atomic E-state index is 9.61. The smallest absolute Gasteiger partial charge is 0.186 e. The Labute approximate surface area is 136 Å². The highest BCUT2D eigenvalue weighted by Gasteiger charge is 2.26. The summed E-state index contributed by atoms with van der Waals surface area (Å²) in [6.07, 6.45) is 0. The predicted octanol–water partition coefficient (Wildman–Crippen LogP) is 2.33. The van der Waals surface area contributed by atoms with Crippen LogP contribution < -0.4 is 0 Å². The van der Waals surface area contributed by atoms with Gasteiger partial charge in [0, 0.05) is 16.5 Å². The summed E-state index contributed by atoms with van der Waals surface area (Å²) in [5.74, 6) is -3.70. The molecule has 0 unspecified atom stereocenters. The zero-order valence-corrected chi connectivity index (χ0v) is 13.9. The van der Waals surface area contributed by atoms with Crippen LogP contribution >= 0.6 is 0 Å². The molecule has 0 fully saturated rings. The molecule has 0 aromatic heterocycles. The molecule has 2 rings (SSSR count). The first-order valence-corrected chi connectivity index (χ1v) is 7.54. The fourth-order valence-electron chi connectivity index (χ4n) is 2.57. The molecular weight excluding hydrogens is 292 g/mol. The molecule has 0 aliphatic heterocycles. The van der Waals surface area contributed by atoms with Gasteiger partial charge in [-0.05, 0) is 25.0 Å². The van der Waals surface area contributed by atoms with Crippen molar-refractivity contribution in [2.75, 3.05) is 0 Å². The van der Waals surface area contributed by atoms with Crippen molar-refractivity contribution in [1.82, 2.24) is 0 Å². The Kier molecular flexibility index (Phi) is 4.39. The summed E-state index contributed by atoms with van der Waals surface area (Å²) < 4.78 is 0. The van der Waals surface area contributed by atoms with Gasteiger partial charge in [0.25, 0.3) is 0 Å². The lowest BCUT2D eigenvalue weighted by Gasteiger charge is -2.28. The molecule has 0 bridgehead atoms. The molecule has 0 aliphatic carbocycles. The largest absolute Gasteiger partial charge is 0.362 e. The normalized spacial score (nSPS) is 13.2. The molecule has 0 heterocycles. The van der Waals surface area contributed by atoms with Gasteiger partial charge in [0.05, 0.1) is 0 Å². The highest BCUT2D eigenvalue weighted by atomic mass is 16.5. The van der Waals surface area contributed by atoms with Gasteiger partial charge in [-0.25, -0.2) is 0 Å². The summed E-state index contributed by atoms with van der Waals surface area (Å²) in [4.78, 5) is 0. The summed E-state index contributed by atoms with van der Waals surface area (Å²) >= 11 is 0. The van der Waals surface area contributed by atoms with Crippen LogP contribution in [0, 0.1) is 0 Å². The number of hydrogen-bond acceptors (Lipinski definition) is 4. The van der Waals surface area contributed by atoms with Crippen LogP contribution in [0.25, 0.3) is 0 Å². The SMILES string of the molecule is CC(O)(O)c1ccc(C(C)(C)c2ccc(C(C)(O)O)cc2)cc1. The van der Waals surface area contributed by atoms with E-state index in [1.807, 2.05) is 24.3 Å². The number of hydrogen-bond donors (Lipinski definition) is 4. The van der Waals surface area contributed by atoms with Gasteiger partial charge in [0.2, 0.25) is 0 Å². The molecule has 0 saturated heterocycles. The first kappa shape index (κ1) is 17.6. The fourth-order valence-corrected chi connectivity index (χ4v) is 2.57. The van der Waals surface area contributed by atoms with Crippen LogP contribution in [0.4, 0.5) is 0 Å². The van der Waals surface area contributed by atoms with Crippen molar-refractivity contribution in [2.24, 2.45) is 0 Å². The van der Waals surface area contributed by atoms with E-state index in [1.54, 1.807) is 24.3 Å². The van der Waals surface area contributed by atoms with Crippen LogP contribution in [0.5, 0.6) is 0 Å². The van der Waals surface area contributed by atoms with E-state index in [2.05, 4.69) is 13.8 Å². The lowest BCUT2D eigenvalue weighted by molar-refractivity contribution is -0.153. The molecule has 0 saturated carbocycles. The van der Waals surface area contributed by atoms with Crippen molar-refractivity contribution < 1.29 is 20.4 Å². The molecule has 0 atom stereocenters. The van der Waals surface area contributed by atoms with Crippen LogP contribution in [0.1, 0.15) is 49.9 Å². The Bertz CT molecular complexity index is 597. The molecule has 4 heteroatoms. The molecule has 0 radical (unpaired) electrons. The van der Waals surface area contributed by atoms with Gasteiger partial charge in [-0.2, -0.15) is 0 Å². The second-order valence-electron chi connectivity index (χ2n) is 6.82. The predicted molar refractivity (Wildman–Crippen MR) is 88.6 cm³/mol. The summed E-state index contributed by atoms with van der Waals surface area (Å²) in [5.41, 5.74) is 2.61. The van der Waals surface area contributed by atoms with E-state index >= 15 is 0 Å². The van der Waals surface area contributed by atoms with E-state index in [9.17, 15) is 20.4 Å². The average molecular weight is 316 g/mol. The monoisotopic (exact) mass is 316 g/mol. The van der Waals surface area contributed by atoms with Crippen LogP contribution in [0.15, 0.2) is 48.5 Å². The average Bonchev–Trinajstić information content (AvgIpc) is 2.46. The third-order valence-corrected chi connectivity index (χ3v) is 4.31. The van der Waals surface area contributed by atoms with E-state index < -0.39 is 11.6 Å². The van der Waals surface area contributed by atoms with E-state index in [4.69, 9.17) is 0 Å². The maximum absolute atomic E-state index is 9.61. The molecule has 2 aromatic carbocycles. The third kappa shape index (κ3) is 3.79. The molecule has 0 aliphatic rings. The zero-order chi connectivity index (χ0) is 17.5. The van der Waals surface area contributed by atoms with Crippen molar-refractivity contribution in [3.8, 4) is 0 Å². The second kappa shape index (κ2) is 5.73. The Morgan fingerprint density at radius 1 is 0.478 bits per heavy atom. The van der Waals surface area contributed by atoms with E-state index in [0.29, 0.717) is 11.1 Å². The van der Waals surface area contributed by atoms with E-state index in [0.717, 1.165) is 11.1 Å². The Hall–Kier alpha value is -1.72. The van der Waals surface area contributed by atoms with Gasteiger partial charge in [-0.1, -0.05) is 62.4 Å². The number of benzene rings is 2. The van der Waals surface area contributed by atoms with Crippen molar-refractivity contribution in [3.63, 3.8) is 0 Å². The number of rotatable bonds is 4. The van der Waals surface area contributed by atoms with E-state index in [1.165, 1.54) is 13.8 Å². The topological polar surface area (TPSA) is 80.9 Å². The van der Waals surface area contributed by atoms with Crippen LogP contribution in [0.3, 0.4) is 0 Å². The molecule has 0 spiro atoms. The Balaban J connectivity index is 2.34. The summed E-state index contributed by atoms with van der Waals surface area (Å²) in [6, 6.07) is 14.3. The van der Waals surface area contributed by atoms with Gasteiger partial charge in [-0.15, -0.1) is 0 Å². The molecule has 2 aromatic rings. The van der Waals surface area contributed by atoms with Crippen molar-refractivity contribution >= 4 is 0 Å². The van der Waals surface area contributed by atoms with Gasteiger partial charge in [0.1, 0.15) is 0 Å². The highest BCUT2D eigenvalue weighted by molar-refractivity contribution is 5.40. The van der Waals surface area contributed by atoms with Crippen LogP contribution in [-0.4, -0.2) is 20.4 Å². The van der Waals surface area contributed by atoms with Gasteiger partial charge in [0.15, 0.2) is 11.6 Å². The fraction of sp³-hybridized carbons (Fsp3) is 0.368. The Morgan fingerprint density at radius 2 is 0.696 bits per heavy atom. The third-order valence-electron chi connectivity index (χ3n) is 4.31. The molecule has 4 nitrogen and oxygen atoms in total. The van der Waals surface area contributed by atoms with E-state index in [-0.39, 0.29) is 5.41 Å². The summed E-state index contributed by atoms with van der Waals surface area (Å²) in [7, 11) is 0. The molecule has 0 amide bonds. The first-order valence-electron chi connectivity index (χ1n) is 7.54. The first-order chi connectivity index (χ1) is 10.4. The van der Waals surface area contributed by atoms with Crippen molar-refractivity contribution in [1.29, 1.82) is 0 Å². The summed E-state index contributed by atoms with van der Waals surface area (Å²) in [5, 5.41) is 38.5. The molecular formula is C19H24O4. The minimum atomic E-state index is -1.85. The number of aliphatic hydroxyl groups is 4. The maximum Gasteiger partial charge on any atom is 0.186 e. The van der Waals surface area contributed by atoms with Gasteiger partial charge in [-0.3, -0.25) is 0 Å². The van der Waals surface area contributed by atoms with Crippen LogP contribution in [-0.2, 0) is 17.0 Å². The minimum absolute atomic E-state index is 0.306. The quantitative estimate of drug-likeness (QED) is 0.653. The highest BCUT2D eigenvalue weighted by Crippen LogP contribution is 2.33. The van der Waals surface area contributed by atoms with Gasteiger partial charge < -0.3 is 20.4 Å². The summed E-state index contributed by atoms with van der Waals surface area (Å²) in [6.45, 7) is 6.77.